The summed E-state index contributed by atoms with van der Waals surface area (Å²) in [5.74, 6) is 1.11. The van der Waals surface area contributed by atoms with Crippen LogP contribution in [0, 0.1) is 27.7 Å². The molecule has 3 aromatic rings. The molecule has 0 radical (unpaired) electrons. The predicted octanol–water partition coefficient (Wildman–Crippen LogP) is 0.684. The Morgan fingerprint density at radius 3 is 1.44 bits per heavy atom. The smallest absolute Gasteiger partial charge is 0.336 e. The minimum absolute atomic E-state index is 0.0394. The average Bonchev–Trinajstić information content (AvgIpc) is 3.68. The average molecular weight is 542 g/mol. The van der Waals surface area contributed by atoms with Crippen molar-refractivity contribution in [2.24, 2.45) is 0 Å². The first-order valence-corrected chi connectivity index (χ1v) is 12.8. The first-order valence-electron chi connectivity index (χ1n) is 12.8. The van der Waals surface area contributed by atoms with Crippen LogP contribution in [0.15, 0.2) is 50.8 Å². The lowest BCUT2D eigenvalue weighted by atomic mass is 10.1. The van der Waals surface area contributed by atoms with E-state index in [0.29, 0.717) is 18.1 Å². The van der Waals surface area contributed by atoms with Gasteiger partial charge in [0.25, 0.3) is 0 Å². The van der Waals surface area contributed by atoms with Gasteiger partial charge in [0.2, 0.25) is 0 Å². The molecule has 11 nitrogen and oxygen atoms in total. The molecule has 2 heterocycles. The minimum Gasteiger partial charge on any atom is -0.491 e. The lowest BCUT2D eigenvalue weighted by Gasteiger charge is -2.18. The zero-order valence-corrected chi connectivity index (χ0v) is 22.6. The van der Waals surface area contributed by atoms with Crippen molar-refractivity contribution in [1.82, 2.24) is 13.7 Å². The molecule has 1 aliphatic rings. The standard InChI is InChI=1S/C28H35N3O8/c1-17-5-18(2)8-23(7-17)37-14-21(32)11-29-26(34)30(28(36)31(27(29)35)13-25-16-39-25)12-22(33)15-38-24-9-19(3)6-20(4)10-24/h5-10,21-22,25,32-33H,11-16H2,1-4H3. The minimum atomic E-state index is -1.22. The van der Waals surface area contributed by atoms with E-state index in [2.05, 4.69) is 0 Å². The third-order valence-corrected chi connectivity index (χ3v) is 6.24. The third kappa shape index (κ3) is 7.47. The molecule has 0 amide bonds. The first-order chi connectivity index (χ1) is 18.5. The summed E-state index contributed by atoms with van der Waals surface area (Å²) in [6.45, 7) is 6.90. The summed E-state index contributed by atoms with van der Waals surface area (Å²) in [5, 5.41) is 21.2. The number of aryl methyl sites for hydroxylation is 4. The molecule has 2 N–H and O–H groups in total. The highest BCUT2D eigenvalue weighted by Crippen LogP contribution is 2.17. The van der Waals surface area contributed by atoms with Crippen LogP contribution in [-0.4, -0.2) is 62.0 Å². The molecule has 1 fully saturated rings. The van der Waals surface area contributed by atoms with Crippen LogP contribution in [0.4, 0.5) is 0 Å². The van der Waals surface area contributed by atoms with E-state index in [9.17, 15) is 24.6 Å². The van der Waals surface area contributed by atoms with Crippen LogP contribution in [0.2, 0.25) is 0 Å². The molecule has 1 aliphatic heterocycles. The Balaban J connectivity index is 1.53. The second-order valence-corrected chi connectivity index (χ2v) is 10.2. The lowest BCUT2D eigenvalue weighted by Crippen LogP contribution is -2.57. The summed E-state index contributed by atoms with van der Waals surface area (Å²) in [6.07, 6.45) is -2.75. The Morgan fingerprint density at radius 2 is 1.08 bits per heavy atom. The number of ether oxygens (including phenoxy) is 3. The highest BCUT2D eigenvalue weighted by molar-refractivity contribution is 5.33. The van der Waals surface area contributed by atoms with Crippen LogP contribution in [0.5, 0.6) is 11.5 Å². The van der Waals surface area contributed by atoms with Gasteiger partial charge in [-0.3, -0.25) is 0 Å². The van der Waals surface area contributed by atoms with Crippen molar-refractivity contribution >= 4 is 0 Å². The molecule has 39 heavy (non-hydrogen) atoms. The van der Waals surface area contributed by atoms with E-state index < -0.39 is 42.4 Å². The fraction of sp³-hybridized carbons (Fsp3) is 0.464. The summed E-state index contributed by atoms with van der Waals surface area (Å²) in [4.78, 5) is 39.4. The Bertz CT molecular complexity index is 1360. The van der Waals surface area contributed by atoms with Gasteiger partial charge in [-0.25, -0.2) is 28.1 Å². The number of aliphatic hydroxyl groups excluding tert-OH is 2. The molecule has 11 heteroatoms. The quantitative estimate of drug-likeness (QED) is 0.320. The maximum Gasteiger partial charge on any atom is 0.336 e. The van der Waals surface area contributed by atoms with E-state index in [1.807, 2.05) is 64.1 Å². The molecule has 3 unspecified atom stereocenters. The van der Waals surface area contributed by atoms with Gasteiger partial charge in [-0.05, 0) is 74.2 Å². The van der Waals surface area contributed by atoms with E-state index in [0.717, 1.165) is 36.0 Å². The van der Waals surface area contributed by atoms with Gasteiger partial charge in [-0.2, -0.15) is 0 Å². The summed E-state index contributed by atoms with van der Waals surface area (Å²) >= 11 is 0. The SMILES string of the molecule is Cc1cc(C)cc(OCC(O)Cn2c(=O)n(CC(O)COc3cc(C)cc(C)c3)c(=O)n(CC3CO3)c2=O)c1. The second kappa shape index (κ2) is 12.0. The Labute approximate surface area is 225 Å². The van der Waals surface area contributed by atoms with Crippen molar-refractivity contribution in [2.45, 2.75) is 65.6 Å². The summed E-state index contributed by atoms with van der Waals surface area (Å²) in [7, 11) is 0. The Kier molecular flexibility index (Phi) is 8.73. The monoisotopic (exact) mass is 541 g/mol. The number of hydrogen-bond donors (Lipinski definition) is 2. The molecule has 2 aromatic carbocycles. The highest BCUT2D eigenvalue weighted by Gasteiger charge is 2.27. The van der Waals surface area contributed by atoms with Crippen molar-refractivity contribution in [3.05, 3.63) is 90.1 Å². The van der Waals surface area contributed by atoms with Gasteiger partial charge in [0, 0.05) is 0 Å². The highest BCUT2D eigenvalue weighted by atomic mass is 16.6. The zero-order chi connectivity index (χ0) is 28.3. The second-order valence-electron chi connectivity index (χ2n) is 10.2. The number of hydrogen-bond acceptors (Lipinski definition) is 8. The third-order valence-electron chi connectivity index (χ3n) is 6.24. The van der Waals surface area contributed by atoms with Gasteiger partial charge in [0.15, 0.2) is 0 Å². The maximum absolute atomic E-state index is 13.2. The largest absolute Gasteiger partial charge is 0.491 e. The van der Waals surface area contributed by atoms with E-state index in [1.165, 1.54) is 0 Å². The van der Waals surface area contributed by atoms with E-state index in [1.54, 1.807) is 0 Å². The molecule has 0 saturated carbocycles. The normalized spacial score (nSPS) is 16.1. The van der Waals surface area contributed by atoms with Crippen molar-refractivity contribution in [1.29, 1.82) is 0 Å². The summed E-state index contributed by atoms with van der Waals surface area (Å²) in [6, 6.07) is 11.2. The summed E-state index contributed by atoms with van der Waals surface area (Å²) < 4.78 is 19.0. The predicted molar refractivity (Wildman–Crippen MR) is 144 cm³/mol. The van der Waals surface area contributed by atoms with Crippen LogP contribution in [-0.2, 0) is 24.4 Å². The van der Waals surface area contributed by atoms with E-state index >= 15 is 0 Å². The number of nitrogens with zero attached hydrogens (tertiary/aromatic N) is 3. The molecule has 0 aliphatic carbocycles. The molecule has 1 saturated heterocycles. The van der Waals surface area contributed by atoms with Gasteiger partial charge in [-0.1, -0.05) is 12.1 Å². The van der Waals surface area contributed by atoms with Gasteiger partial charge >= 0.3 is 17.1 Å². The topological polar surface area (TPSA) is 137 Å². The first kappa shape index (κ1) is 28.3. The number of epoxide rings is 1. The van der Waals surface area contributed by atoms with Crippen molar-refractivity contribution < 1.29 is 24.4 Å². The fourth-order valence-electron chi connectivity index (χ4n) is 4.47. The van der Waals surface area contributed by atoms with Crippen molar-refractivity contribution in [3.8, 4) is 11.5 Å². The molecule has 3 atom stereocenters. The summed E-state index contributed by atoms with van der Waals surface area (Å²) in [5.41, 5.74) is 1.32. The van der Waals surface area contributed by atoms with Crippen LogP contribution in [0.1, 0.15) is 22.3 Å². The molecule has 210 valence electrons. The van der Waals surface area contributed by atoms with E-state index in [4.69, 9.17) is 14.2 Å². The molecule has 0 spiro atoms. The van der Waals surface area contributed by atoms with Crippen LogP contribution < -0.4 is 26.5 Å². The van der Waals surface area contributed by atoms with E-state index in [-0.39, 0.29) is 25.9 Å². The molecule has 4 rings (SSSR count). The molecular weight excluding hydrogens is 506 g/mol. The molecular formula is C28H35N3O8. The van der Waals surface area contributed by atoms with Gasteiger partial charge in [-0.15, -0.1) is 0 Å². The van der Waals surface area contributed by atoms with Crippen LogP contribution in [0.3, 0.4) is 0 Å². The number of aromatic nitrogens is 3. The van der Waals surface area contributed by atoms with Gasteiger partial charge in [0.1, 0.15) is 36.9 Å². The lowest BCUT2D eigenvalue weighted by molar-refractivity contribution is 0.0813. The maximum atomic E-state index is 13.2. The van der Waals surface area contributed by atoms with Crippen LogP contribution in [0.25, 0.3) is 0 Å². The van der Waals surface area contributed by atoms with Crippen LogP contribution >= 0.6 is 0 Å². The number of aliphatic hydroxyl groups is 2. The molecule has 0 bridgehead atoms. The Morgan fingerprint density at radius 1 is 0.718 bits per heavy atom. The van der Waals surface area contributed by atoms with Crippen molar-refractivity contribution in [3.63, 3.8) is 0 Å². The Hall–Kier alpha value is -3.67. The van der Waals surface area contributed by atoms with Gasteiger partial charge in [0.05, 0.1) is 32.3 Å². The van der Waals surface area contributed by atoms with Crippen molar-refractivity contribution in [2.75, 3.05) is 19.8 Å². The molecule has 1 aromatic heterocycles. The van der Waals surface area contributed by atoms with Gasteiger partial charge < -0.3 is 24.4 Å². The zero-order valence-electron chi connectivity index (χ0n) is 22.6. The fourth-order valence-corrected chi connectivity index (χ4v) is 4.47. The number of benzene rings is 2. The number of rotatable bonds is 12.